The average Bonchev–Trinajstić information content (AvgIpc) is 3.57. The Labute approximate surface area is 199 Å². The van der Waals surface area contributed by atoms with Crippen molar-refractivity contribution in [1.82, 2.24) is 24.1 Å². The number of hydrogen-bond acceptors (Lipinski definition) is 4. The standard InChI is InChI=1S/C29H18N6/c1-2-10-19(11-3-1)34-22-14-7-5-12-20(22)25-28(34)33-27-26-23(15-8-16-30-26)35(29(27)32-25)24-17-18-9-4-6-13-21(18)31-24/h1-17,24H. The van der Waals surface area contributed by atoms with E-state index in [4.69, 9.17) is 19.9 Å². The van der Waals surface area contributed by atoms with E-state index in [1.165, 1.54) is 0 Å². The van der Waals surface area contributed by atoms with E-state index in [9.17, 15) is 0 Å². The van der Waals surface area contributed by atoms with Crippen LogP contribution in [0, 0.1) is 0 Å². The van der Waals surface area contributed by atoms with Crippen LogP contribution in [-0.2, 0) is 0 Å². The van der Waals surface area contributed by atoms with Gasteiger partial charge < -0.3 is 0 Å². The lowest BCUT2D eigenvalue weighted by atomic mass is 10.2. The van der Waals surface area contributed by atoms with Gasteiger partial charge in [0, 0.05) is 17.3 Å². The lowest BCUT2D eigenvalue weighted by molar-refractivity contribution is 0.701. The van der Waals surface area contributed by atoms with Crippen LogP contribution in [0.15, 0.2) is 102 Å². The van der Waals surface area contributed by atoms with Crippen molar-refractivity contribution in [3.05, 3.63) is 108 Å². The number of pyridine rings is 1. The number of fused-ring (bicyclic) bond motifs is 7. The first-order valence-corrected chi connectivity index (χ1v) is 11.6. The molecule has 0 aliphatic carbocycles. The van der Waals surface area contributed by atoms with Crippen LogP contribution in [0.2, 0.25) is 0 Å². The quantitative estimate of drug-likeness (QED) is 0.384. The minimum Gasteiger partial charge on any atom is -0.296 e. The molecule has 35 heavy (non-hydrogen) atoms. The summed E-state index contributed by atoms with van der Waals surface area (Å²) in [6.45, 7) is 0. The van der Waals surface area contributed by atoms with Gasteiger partial charge in [0.25, 0.3) is 0 Å². The molecule has 0 fully saturated rings. The van der Waals surface area contributed by atoms with Gasteiger partial charge in [0.2, 0.25) is 0 Å². The first-order valence-electron chi connectivity index (χ1n) is 11.6. The topological polar surface area (TPSA) is 60.9 Å². The fraction of sp³-hybridized carbons (Fsp3) is 0.0345. The maximum absolute atomic E-state index is 5.26. The van der Waals surface area contributed by atoms with Gasteiger partial charge in [0.1, 0.15) is 22.7 Å². The van der Waals surface area contributed by atoms with Gasteiger partial charge in [-0.05, 0) is 47.7 Å². The van der Waals surface area contributed by atoms with E-state index in [1.54, 1.807) is 0 Å². The van der Waals surface area contributed by atoms with E-state index in [-0.39, 0.29) is 6.17 Å². The van der Waals surface area contributed by atoms with Crippen LogP contribution in [0.3, 0.4) is 0 Å². The molecule has 1 aliphatic rings. The van der Waals surface area contributed by atoms with Crippen LogP contribution in [0.4, 0.5) is 0 Å². The van der Waals surface area contributed by atoms with Gasteiger partial charge in [-0.3, -0.25) is 19.1 Å². The summed E-state index contributed by atoms with van der Waals surface area (Å²) in [5.74, 6) is 0. The zero-order chi connectivity index (χ0) is 22.9. The second-order valence-electron chi connectivity index (χ2n) is 8.77. The van der Waals surface area contributed by atoms with Crippen LogP contribution >= 0.6 is 0 Å². The van der Waals surface area contributed by atoms with Crippen LogP contribution in [-0.4, -0.2) is 24.1 Å². The molecule has 4 aromatic heterocycles. The molecule has 5 heterocycles. The molecule has 6 nitrogen and oxygen atoms in total. The minimum atomic E-state index is -0.203. The van der Waals surface area contributed by atoms with Crippen molar-refractivity contribution in [2.24, 2.45) is 4.99 Å². The summed E-state index contributed by atoms with van der Waals surface area (Å²) in [7, 11) is 0. The lowest BCUT2D eigenvalue weighted by Crippen LogP contribution is -2.19. The number of aromatic nitrogens is 5. The zero-order valence-corrected chi connectivity index (χ0v) is 18.6. The predicted octanol–water partition coefficient (Wildman–Crippen LogP) is 4.69. The van der Waals surface area contributed by atoms with Crippen LogP contribution in [0.1, 0.15) is 6.17 Å². The summed E-state index contributed by atoms with van der Waals surface area (Å²) in [4.78, 5) is 20.2. The Balaban J connectivity index is 1.53. The van der Waals surface area contributed by atoms with Crippen molar-refractivity contribution in [3.63, 3.8) is 0 Å². The highest BCUT2D eigenvalue weighted by atomic mass is 15.2. The zero-order valence-electron chi connectivity index (χ0n) is 18.6. The molecule has 1 atom stereocenters. The Morgan fingerprint density at radius 3 is 2.31 bits per heavy atom. The predicted molar refractivity (Wildman–Crippen MR) is 138 cm³/mol. The van der Waals surface area contributed by atoms with Gasteiger partial charge in [-0.1, -0.05) is 54.6 Å². The van der Waals surface area contributed by atoms with Crippen LogP contribution in [0.5, 0.6) is 0 Å². The maximum Gasteiger partial charge on any atom is 0.165 e. The number of benzene rings is 3. The molecule has 1 aliphatic heterocycles. The SMILES string of the molecule is C1=c2ccccc2=NC1n1c2cccnc2c2nc3c(nc21)c1ccccc1n3-c1ccccc1. The molecule has 0 amide bonds. The van der Waals surface area contributed by atoms with Gasteiger partial charge in [0.15, 0.2) is 11.3 Å². The smallest absolute Gasteiger partial charge is 0.165 e. The highest BCUT2D eigenvalue weighted by Crippen LogP contribution is 2.35. The maximum atomic E-state index is 5.26. The number of para-hydroxylation sites is 3. The molecule has 0 saturated heterocycles. The van der Waals surface area contributed by atoms with E-state index in [2.05, 4.69) is 69.8 Å². The van der Waals surface area contributed by atoms with E-state index in [1.807, 2.05) is 42.6 Å². The molecular weight excluding hydrogens is 432 g/mol. The average molecular weight is 451 g/mol. The molecule has 6 heteroatoms. The molecular formula is C29H18N6. The summed E-state index contributed by atoms with van der Waals surface area (Å²) in [5.41, 5.74) is 7.22. The Morgan fingerprint density at radius 1 is 0.629 bits per heavy atom. The summed E-state index contributed by atoms with van der Waals surface area (Å²) < 4.78 is 4.35. The van der Waals surface area contributed by atoms with Crippen molar-refractivity contribution in [2.75, 3.05) is 0 Å². The second-order valence-corrected chi connectivity index (χ2v) is 8.77. The Bertz CT molecular complexity index is 2030. The van der Waals surface area contributed by atoms with Gasteiger partial charge in [-0.2, -0.15) is 0 Å². The minimum absolute atomic E-state index is 0.203. The van der Waals surface area contributed by atoms with Crippen molar-refractivity contribution < 1.29 is 0 Å². The van der Waals surface area contributed by atoms with E-state index in [0.29, 0.717) is 0 Å². The van der Waals surface area contributed by atoms with E-state index >= 15 is 0 Å². The summed E-state index contributed by atoms with van der Waals surface area (Å²) in [6, 6.07) is 30.9. The normalized spacial score (nSPS) is 15.0. The van der Waals surface area contributed by atoms with Gasteiger partial charge in [-0.15, -0.1) is 0 Å². The molecule has 0 bridgehead atoms. The van der Waals surface area contributed by atoms with Gasteiger partial charge in [-0.25, -0.2) is 9.97 Å². The molecule has 7 aromatic rings. The van der Waals surface area contributed by atoms with Gasteiger partial charge in [0.05, 0.1) is 16.4 Å². The van der Waals surface area contributed by atoms with E-state index in [0.717, 1.165) is 60.5 Å². The third-order valence-electron chi connectivity index (χ3n) is 6.79. The van der Waals surface area contributed by atoms with Crippen LogP contribution in [0.25, 0.3) is 56.0 Å². The highest BCUT2D eigenvalue weighted by molar-refractivity contribution is 6.11. The van der Waals surface area contributed by atoms with Crippen molar-refractivity contribution >= 4 is 50.3 Å². The third-order valence-corrected chi connectivity index (χ3v) is 6.79. The molecule has 0 radical (unpaired) electrons. The first-order chi connectivity index (χ1) is 17.4. The summed E-state index contributed by atoms with van der Waals surface area (Å²) in [5, 5.41) is 3.19. The molecule has 164 valence electrons. The second kappa shape index (κ2) is 6.84. The largest absolute Gasteiger partial charge is 0.296 e. The fourth-order valence-electron chi connectivity index (χ4n) is 5.28. The molecule has 1 unspecified atom stereocenters. The van der Waals surface area contributed by atoms with Crippen molar-refractivity contribution in [3.8, 4) is 5.69 Å². The van der Waals surface area contributed by atoms with Gasteiger partial charge >= 0.3 is 0 Å². The fourth-order valence-corrected chi connectivity index (χ4v) is 5.28. The summed E-state index contributed by atoms with van der Waals surface area (Å²) in [6.07, 6.45) is 3.79. The summed E-state index contributed by atoms with van der Waals surface area (Å²) >= 11 is 0. The Morgan fingerprint density at radius 2 is 1.40 bits per heavy atom. The lowest BCUT2D eigenvalue weighted by Gasteiger charge is -2.10. The number of hydrogen-bond donors (Lipinski definition) is 0. The monoisotopic (exact) mass is 450 g/mol. The Kier molecular flexibility index (Phi) is 3.63. The van der Waals surface area contributed by atoms with E-state index < -0.39 is 0 Å². The highest BCUT2D eigenvalue weighted by Gasteiger charge is 2.24. The Hall–Kier alpha value is -4.84. The van der Waals surface area contributed by atoms with Crippen molar-refractivity contribution in [2.45, 2.75) is 6.17 Å². The molecule has 8 rings (SSSR count). The first kappa shape index (κ1) is 18.6. The van der Waals surface area contributed by atoms with Crippen molar-refractivity contribution in [1.29, 1.82) is 0 Å². The number of rotatable bonds is 2. The molecule has 3 aromatic carbocycles. The molecule has 0 spiro atoms. The molecule has 0 N–H and O–H groups in total. The molecule has 0 saturated carbocycles. The third kappa shape index (κ3) is 2.53. The van der Waals surface area contributed by atoms with Crippen LogP contribution < -0.4 is 10.6 Å². The number of nitrogens with zero attached hydrogens (tertiary/aromatic N) is 6.